The highest BCUT2D eigenvalue weighted by Crippen LogP contribution is 2.20. The lowest BCUT2D eigenvalue weighted by atomic mass is 10.2. The van der Waals surface area contributed by atoms with E-state index in [9.17, 15) is 9.59 Å². The molecule has 0 fully saturated rings. The zero-order chi connectivity index (χ0) is 19.3. The van der Waals surface area contributed by atoms with Crippen molar-refractivity contribution in [2.24, 2.45) is 0 Å². The van der Waals surface area contributed by atoms with Gasteiger partial charge in [-0.3, -0.25) is 4.79 Å². The van der Waals surface area contributed by atoms with E-state index in [1.807, 2.05) is 19.1 Å². The van der Waals surface area contributed by atoms with Gasteiger partial charge in [0.15, 0.2) is 0 Å². The van der Waals surface area contributed by atoms with Gasteiger partial charge < -0.3 is 16.0 Å². The van der Waals surface area contributed by atoms with Gasteiger partial charge in [0.1, 0.15) is 0 Å². The second kappa shape index (κ2) is 8.18. The first kappa shape index (κ1) is 19.7. The normalized spacial score (nSPS) is 11.0. The van der Waals surface area contributed by atoms with Gasteiger partial charge in [-0.1, -0.05) is 55.2 Å². The van der Waals surface area contributed by atoms with Crippen molar-refractivity contribution in [1.82, 2.24) is 5.32 Å². The molecule has 0 aromatic heterocycles. The van der Waals surface area contributed by atoms with Gasteiger partial charge in [0.05, 0.1) is 8.07 Å². The lowest BCUT2D eigenvalue weighted by Gasteiger charge is -2.17. The number of urea groups is 1. The van der Waals surface area contributed by atoms with Crippen LogP contribution in [0.4, 0.5) is 16.2 Å². The standard InChI is InChI=1S/C20H27N3O2Si/c1-14-6-9-17(12-19(14)22-15(2)24)23-20(25)21-13-16-7-10-18(11-8-16)26(3,4)5/h6-12H,13H2,1-5H3,(H,22,24)(H2,21,23,25). The van der Waals surface area contributed by atoms with E-state index in [0.717, 1.165) is 11.1 Å². The highest BCUT2D eigenvalue weighted by molar-refractivity contribution is 6.88. The number of hydrogen-bond acceptors (Lipinski definition) is 2. The largest absolute Gasteiger partial charge is 0.334 e. The zero-order valence-corrected chi connectivity index (χ0v) is 17.1. The van der Waals surface area contributed by atoms with Crippen molar-refractivity contribution in [2.75, 3.05) is 10.6 Å². The number of rotatable bonds is 5. The van der Waals surface area contributed by atoms with Crippen LogP contribution in [0, 0.1) is 6.92 Å². The summed E-state index contributed by atoms with van der Waals surface area (Å²) >= 11 is 0. The summed E-state index contributed by atoms with van der Waals surface area (Å²) in [5, 5.41) is 9.80. The Bertz CT molecular complexity index is 796. The van der Waals surface area contributed by atoms with Crippen LogP contribution in [-0.4, -0.2) is 20.0 Å². The lowest BCUT2D eigenvalue weighted by molar-refractivity contribution is -0.114. The van der Waals surface area contributed by atoms with E-state index in [-0.39, 0.29) is 11.9 Å². The van der Waals surface area contributed by atoms with Crippen LogP contribution in [0.5, 0.6) is 0 Å². The molecule has 0 aliphatic carbocycles. The Morgan fingerprint density at radius 1 is 0.962 bits per heavy atom. The van der Waals surface area contributed by atoms with Crippen LogP contribution in [0.3, 0.4) is 0 Å². The van der Waals surface area contributed by atoms with Crippen molar-refractivity contribution in [1.29, 1.82) is 0 Å². The fourth-order valence-electron chi connectivity index (χ4n) is 2.50. The minimum Gasteiger partial charge on any atom is -0.334 e. The molecule has 0 aliphatic rings. The first-order valence-electron chi connectivity index (χ1n) is 8.67. The highest BCUT2D eigenvalue weighted by atomic mass is 28.3. The first-order chi connectivity index (χ1) is 12.1. The molecule has 138 valence electrons. The Labute approximate surface area is 156 Å². The third kappa shape index (κ3) is 5.74. The summed E-state index contributed by atoms with van der Waals surface area (Å²) in [6.45, 7) is 10.8. The highest BCUT2D eigenvalue weighted by Gasteiger charge is 2.15. The summed E-state index contributed by atoms with van der Waals surface area (Å²) < 4.78 is 0. The van der Waals surface area contributed by atoms with Gasteiger partial charge in [-0.2, -0.15) is 0 Å². The predicted molar refractivity (Wildman–Crippen MR) is 111 cm³/mol. The predicted octanol–water partition coefficient (Wildman–Crippen LogP) is 3.82. The Morgan fingerprint density at radius 2 is 1.62 bits per heavy atom. The Hall–Kier alpha value is -2.60. The second-order valence-corrected chi connectivity index (χ2v) is 12.5. The maximum absolute atomic E-state index is 12.1. The van der Waals surface area contributed by atoms with E-state index in [4.69, 9.17) is 0 Å². The van der Waals surface area contributed by atoms with Gasteiger partial charge in [-0.05, 0) is 30.2 Å². The second-order valence-electron chi connectivity index (χ2n) is 7.47. The van der Waals surface area contributed by atoms with Crippen LogP contribution in [0.15, 0.2) is 42.5 Å². The van der Waals surface area contributed by atoms with Crippen LogP contribution in [0.1, 0.15) is 18.1 Å². The molecule has 26 heavy (non-hydrogen) atoms. The molecule has 2 rings (SSSR count). The molecular formula is C20H27N3O2Si. The molecule has 2 aromatic rings. The Balaban J connectivity index is 1.94. The van der Waals surface area contributed by atoms with Gasteiger partial charge in [-0.25, -0.2) is 4.79 Å². The summed E-state index contributed by atoms with van der Waals surface area (Å²) in [6.07, 6.45) is 0. The monoisotopic (exact) mass is 369 g/mol. The first-order valence-corrected chi connectivity index (χ1v) is 12.2. The number of amides is 3. The molecule has 0 saturated carbocycles. The number of aryl methyl sites for hydroxylation is 1. The van der Waals surface area contributed by atoms with E-state index in [1.165, 1.54) is 12.1 Å². The molecule has 0 atom stereocenters. The molecule has 5 nitrogen and oxygen atoms in total. The maximum Gasteiger partial charge on any atom is 0.319 e. The number of carbonyl (C=O) groups excluding carboxylic acids is 2. The van der Waals surface area contributed by atoms with E-state index in [0.29, 0.717) is 17.9 Å². The van der Waals surface area contributed by atoms with Crippen LogP contribution in [-0.2, 0) is 11.3 Å². The molecule has 3 N–H and O–H groups in total. The van der Waals surface area contributed by atoms with Gasteiger partial charge in [-0.15, -0.1) is 0 Å². The molecule has 2 aromatic carbocycles. The minimum absolute atomic E-state index is 0.142. The molecule has 0 spiro atoms. The third-order valence-corrected chi connectivity index (χ3v) is 6.14. The quantitative estimate of drug-likeness (QED) is 0.701. The minimum atomic E-state index is -1.30. The molecule has 0 bridgehead atoms. The Kier molecular flexibility index (Phi) is 6.21. The van der Waals surface area contributed by atoms with E-state index in [1.54, 1.807) is 6.07 Å². The van der Waals surface area contributed by atoms with Gasteiger partial charge in [0.25, 0.3) is 0 Å². The van der Waals surface area contributed by atoms with E-state index in [2.05, 4.69) is 59.9 Å². The molecule has 0 radical (unpaired) electrons. The van der Waals surface area contributed by atoms with Crippen molar-refractivity contribution in [3.8, 4) is 0 Å². The fourth-order valence-corrected chi connectivity index (χ4v) is 3.67. The summed E-state index contributed by atoms with van der Waals surface area (Å²) in [7, 11) is -1.30. The zero-order valence-electron chi connectivity index (χ0n) is 16.1. The smallest absolute Gasteiger partial charge is 0.319 e. The molecular weight excluding hydrogens is 342 g/mol. The van der Waals surface area contributed by atoms with Crippen molar-refractivity contribution in [2.45, 2.75) is 40.0 Å². The number of hydrogen-bond donors (Lipinski definition) is 3. The Morgan fingerprint density at radius 3 is 2.19 bits per heavy atom. The molecule has 0 saturated heterocycles. The number of carbonyl (C=O) groups is 2. The number of anilines is 2. The molecule has 6 heteroatoms. The number of nitrogens with one attached hydrogen (secondary N) is 3. The van der Waals surface area contributed by atoms with Crippen LogP contribution in [0.2, 0.25) is 19.6 Å². The van der Waals surface area contributed by atoms with Crippen molar-refractivity contribution in [3.63, 3.8) is 0 Å². The summed E-state index contributed by atoms with van der Waals surface area (Å²) in [5.41, 5.74) is 3.32. The third-order valence-electron chi connectivity index (χ3n) is 4.08. The van der Waals surface area contributed by atoms with Crippen molar-refractivity contribution >= 4 is 36.6 Å². The van der Waals surface area contributed by atoms with Gasteiger partial charge in [0.2, 0.25) is 5.91 Å². The van der Waals surface area contributed by atoms with Crippen LogP contribution in [0.25, 0.3) is 0 Å². The molecule has 0 heterocycles. The SMILES string of the molecule is CC(=O)Nc1cc(NC(=O)NCc2ccc([Si](C)(C)C)cc2)ccc1C. The van der Waals surface area contributed by atoms with Crippen LogP contribution < -0.4 is 21.1 Å². The summed E-state index contributed by atoms with van der Waals surface area (Å²) in [6, 6.07) is 13.6. The van der Waals surface area contributed by atoms with E-state index < -0.39 is 8.07 Å². The molecule has 3 amide bonds. The average Bonchev–Trinajstić information content (AvgIpc) is 2.55. The average molecular weight is 370 g/mol. The summed E-state index contributed by atoms with van der Waals surface area (Å²) in [5.74, 6) is -0.142. The number of benzene rings is 2. The van der Waals surface area contributed by atoms with Crippen molar-refractivity contribution in [3.05, 3.63) is 53.6 Å². The maximum atomic E-state index is 12.1. The van der Waals surface area contributed by atoms with Gasteiger partial charge >= 0.3 is 6.03 Å². The van der Waals surface area contributed by atoms with Crippen LogP contribution >= 0.6 is 0 Å². The van der Waals surface area contributed by atoms with Gasteiger partial charge in [0, 0.05) is 24.8 Å². The van der Waals surface area contributed by atoms with E-state index >= 15 is 0 Å². The molecule has 0 unspecified atom stereocenters. The fraction of sp³-hybridized carbons (Fsp3) is 0.300. The summed E-state index contributed by atoms with van der Waals surface area (Å²) in [4.78, 5) is 23.4. The molecule has 0 aliphatic heterocycles. The van der Waals surface area contributed by atoms with Crippen molar-refractivity contribution < 1.29 is 9.59 Å². The lowest BCUT2D eigenvalue weighted by Crippen LogP contribution is -2.37. The topological polar surface area (TPSA) is 70.2 Å².